The summed E-state index contributed by atoms with van der Waals surface area (Å²) in [4.78, 5) is 12.7. The number of benzene rings is 2. The molecule has 144 valence electrons. The molecule has 4 rings (SSSR count). The molecule has 1 amide bonds. The smallest absolute Gasteiger partial charge is 0.277 e. The average molecular weight is 397 g/mol. The van der Waals surface area contributed by atoms with Gasteiger partial charge in [0, 0.05) is 5.56 Å². The van der Waals surface area contributed by atoms with Crippen LogP contribution in [0.15, 0.2) is 58.2 Å². The first-order valence-corrected chi connectivity index (χ1v) is 10.1. The Morgan fingerprint density at radius 3 is 2.82 bits per heavy atom. The van der Waals surface area contributed by atoms with Crippen molar-refractivity contribution in [3.63, 3.8) is 0 Å². The molecule has 1 heterocycles. The predicted molar refractivity (Wildman–Crippen MR) is 105 cm³/mol. The molecule has 28 heavy (non-hydrogen) atoms. The summed E-state index contributed by atoms with van der Waals surface area (Å²) >= 11 is 1.21. The molecule has 0 saturated heterocycles. The van der Waals surface area contributed by atoms with E-state index in [1.807, 2.05) is 19.1 Å². The molecular formula is C21H20FN3O2S. The Kier molecular flexibility index (Phi) is 5.43. The first-order chi connectivity index (χ1) is 13.6. The van der Waals surface area contributed by atoms with Crippen LogP contribution in [0.1, 0.15) is 36.9 Å². The van der Waals surface area contributed by atoms with Crippen molar-refractivity contribution in [1.29, 1.82) is 0 Å². The van der Waals surface area contributed by atoms with Crippen molar-refractivity contribution in [2.75, 3.05) is 0 Å². The molecule has 0 bridgehead atoms. The number of halogens is 1. The Morgan fingerprint density at radius 1 is 1.21 bits per heavy atom. The van der Waals surface area contributed by atoms with Gasteiger partial charge in [0.15, 0.2) is 0 Å². The van der Waals surface area contributed by atoms with Gasteiger partial charge in [0.1, 0.15) is 5.82 Å². The van der Waals surface area contributed by atoms with Gasteiger partial charge in [0.05, 0.1) is 11.3 Å². The molecule has 0 unspecified atom stereocenters. The van der Waals surface area contributed by atoms with Gasteiger partial charge in [-0.1, -0.05) is 36.0 Å². The molecular weight excluding hydrogens is 377 g/mol. The van der Waals surface area contributed by atoms with Crippen molar-refractivity contribution in [1.82, 2.24) is 15.5 Å². The van der Waals surface area contributed by atoms with E-state index < -0.39 is 0 Å². The minimum Gasteiger partial charge on any atom is -0.411 e. The highest BCUT2D eigenvalue weighted by atomic mass is 32.2. The van der Waals surface area contributed by atoms with E-state index in [1.165, 1.54) is 35.0 Å². The van der Waals surface area contributed by atoms with Gasteiger partial charge in [-0.05, 0) is 61.6 Å². The summed E-state index contributed by atoms with van der Waals surface area (Å²) in [5, 5.41) is 11.1. The van der Waals surface area contributed by atoms with Gasteiger partial charge in [-0.15, -0.1) is 10.2 Å². The first kappa shape index (κ1) is 18.7. The largest absolute Gasteiger partial charge is 0.411 e. The molecule has 0 saturated carbocycles. The Bertz CT molecular complexity index is 974. The van der Waals surface area contributed by atoms with Crippen LogP contribution in [-0.4, -0.2) is 21.4 Å². The monoisotopic (exact) mass is 397 g/mol. The highest BCUT2D eigenvalue weighted by molar-refractivity contribution is 8.00. The summed E-state index contributed by atoms with van der Waals surface area (Å²) < 4.78 is 18.7. The second kappa shape index (κ2) is 8.14. The van der Waals surface area contributed by atoms with Crippen LogP contribution in [0, 0.1) is 5.82 Å². The number of nitrogens with one attached hydrogen (secondary N) is 1. The minimum absolute atomic E-state index is 0.0398. The van der Waals surface area contributed by atoms with E-state index in [0.717, 1.165) is 19.3 Å². The lowest BCUT2D eigenvalue weighted by Crippen LogP contribution is -2.35. The quantitative estimate of drug-likeness (QED) is 0.640. The first-order valence-electron chi connectivity index (χ1n) is 9.24. The Balaban J connectivity index is 1.40. The van der Waals surface area contributed by atoms with Crippen molar-refractivity contribution in [3.05, 3.63) is 65.5 Å². The summed E-state index contributed by atoms with van der Waals surface area (Å²) in [6, 6.07) is 14.1. The van der Waals surface area contributed by atoms with E-state index >= 15 is 0 Å². The fourth-order valence-electron chi connectivity index (χ4n) is 3.36. The standard InChI is InChI=1S/C21H20FN3O2S/c1-13(19(26)23-18-8-4-6-14-5-2-3-7-17(14)18)28-21-25-24-20(27-21)15-9-11-16(22)12-10-15/h2-3,5,7,9-13,18H,4,6,8H2,1H3,(H,23,26)/t13-,18-/m0/s1. The van der Waals surface area contributed by atoms with Crippen LogP contribution >= 0.6 is 11.8 Å². The lowest BCUT2D eigenvalue weighted by molar-refractivity contribution is -0.121. The summed E-state index contributed by atoms with van der Waals surface area (Å²) in [6.45, 7) is 1.82. The van der Waals surface area contributed by atoms with E-state index in [9.17, 15) is 9.18 Å². The van der Waals surface area contributed by atoms with Gasteiger partial charge >= 0.3 is 0 Å². The van der Waals surface area contributed by atoms with Crippen LogP contribution in [0.2, 0.25) is 0 Å². The van der Waals surface area contributed by atoms with Crippen LogP contribution in [0.25, 0.3) is 11.5 Å². The molecule has 3 aromatic rings. The van der Waals surface area contributed by atoms with Crippen LogP contribution in [0.4, 0.5) is 4.39 Å². The van der Waals surface area contributed by atoms with Crippen molar-refractivity contribution < 1.29 is 13.6 Å². The molecule has 0 radical (unpaired) electrons. The molecule has 7 heteroatoms. The van der Waals surface area contributed by atoms with E-state index in [0.29, 0.717) is 16.7 Å². The molecule has 1 aromatic heterocycles. The number of hydrogen-bond donors (Lipinski definition) is 1. The maximum Gasteiger partial charge on any atom is 0.277 e. The topological polar surface area (TPSA) is 68.0 Å². The number of carbonyl (C=O) groups is 1. The highest BCUT2D eigenvalue weighted by Crippen LogP contribution is 2.31. The van der Waals surface area contributed by atoms with Gasteiger partial charge in [0.25, 0.3) is 5.22 Å². The lowest BCUT2D eigenvalue weighted by Gasteiger charge is -2.27. The zero-order valence-electron chi connectivity index (χ0n) is 15.4. The molecule has 1 N–H and O–H groups in total. The lowest BCUT2D eigenvalue weighted by atomic mass is 9.88. The number of fused-ring (bicyclic) bond motifs is 1. The maximum absolute atomic E-state index is 13.0. The Morgan fingerprint density at radius 2 is 2.00 bits per heavy atom. The van der Waals surface area contributed by atoms with Crippen molar-refractivity contribution >= 4 is 17.7 Å². The third-order valence-electron chi connectivity index (χ3n) is 4.83. The molecule has 0 fully saturated rings. The minimum atomic E-state index is -0.379. The molecule has 1 aliphatic rings. The second-order valence-electron chi connectivity index (χ2n) is 6.79. The Labute approximate surface area is 166 Å². The van der Waals surface area contributed by atoms with Crippen molar-refractivity contribution in [3.8, 4) is 11.5 Å². The molecule has 2 aromatic carbocycles. The number of amides is 1. The summed E-state index contributed by atoms with van der Waals surface area (Å²) in [5.74, 6) is -0.0861. The van der Waals surface area contributed by atoms with E-state index in [-0.39, 0.29) is 23.0 Å². The summed E-state index contributed by atoms with van der Waals surface area (Å²) in [7, 11) is 0. The van der Waals surface area contributed by atoms with Gasteiger partial charge < -0.3 is 9.73 Å². The van der Waals surface area contributed by atoms with Gasteiger partial charge in [-0.3, -0.25) is 4.79 Å². The van der Waals surface area contributed by atoms with Crippen molar-refractivity contribution in [2.24, 2.45) is 0 Å². The number of carbonyl (C=O) groups excluding carboxylic acids is 1. The number of aryl methyl sites for hydroxylation is 1. The SMILES string of the molecule is C[C@H](Sc1nnc(-c2ccc(F)cc2)o1)C(=O)N[C@H]1CCCc2ccccc21. The van der Waals surface area contributed by atoms with Crippen molar-refractivity contribution in [2.45, 2.75) is 42.7 Å². The molecule has 5 nitrogen and oxygen atoms in total. The fourth-order valence-corrected chi connectivity index (χ4v) is 4.06. The van der Waals surface area contributed by atoms with Gasteiger partial charge in [0.2, 0.25) is 11.8 Å². The molecule has 1 aliphatic carbocycles. The highest BCUT2D eigenvalue weighted by Gasteiger charge is 2.25. The van der Waals surface area contributed by atoms with E-state index in [1.54, 1.807) is 12.1 Å². The zero-order chi connectivity index (χ0) is 19.5. The van der Waals surface area contributed by atoms with E-state index in [2.05, 4.69) is 27.6 Å². The van der Waals surface area contributed by atoms with E-state index in [4.69, 9.17) is 4.42 Å². The number of hydrogen-bond acceptors (Lipinski definition) is 5. The number of nitrogens with zero attached hydrogens (tertiary/aromatic N) is 2. The number of thioether (sulfide) groups is 1. The number of aromatic nitrogens is 2. The predicted octanol–water partition coefficient (Wildman–Crippen LogP) is 4.55. The van der Waals surface area contributed by atoms with Gasteiger partial charge in [-0.25, -0.2) is 4.39 Å². The Hall–Kier alpha value is -2.67. The molecule has 2 atom stereocenters. The molecule has 0 aliphatic heterocycles. The normalized spacial score (nSPS) is 17.0. The third-order valence-corrected chi connectivity index (χ3v) is 5.76. The third kappa shape index (κ3) is 4.09. The average Bonchev–Trinajstić information content (AvgIpc) is 3.17. The van der Waals surface area contributed by atoms with Gasteiger partial charge in [-0.2, -0.15) is 0 Å². The van der Waals surface area contributed by atoms with Crippen LogP contribution in [0.3, 0.4) is 0 Å². The second-order valence-corrected chi connectivity index (χ2v) is 8.08. The molecule has 0 spiro atoms. The van der Waals surface area contributed by atoms with Crippen LogP contribution < -0.4 is 5.32 Å². The van der Waals surface area contributed by atoms with Crippen LogP contribution in [-0.2, 0) is 11.2 Å². The number of rotatable bonds is 5. The zero-order valence-corrected chi connectivity index (χ0v) is 16.2. The summed E-state index contributed by atoms with van der Waals surface area (Å²) in [6.07, 6.45) is 3.06. The van der Waals surface area contributed by atoms with Crippen LogP contribution in [0.5, 0.6) is 0 Å². The summed E-state index contributed by atoms with van der Waals surface area (Å²) in [5.41, 5.74) is 3.15. The fraction of sp³-hybridized carbons (Fsp3) is 0.286. The maximum atomic E-state index is 13.0.